The molecule has 3 heterocycles. The number of nitrogens with zero attached hydrogens (tertiary/aromatic N) is 3. The Bertz CT molecular complexity index is 2460. The summed E-state index contributed by atoms with van der Waals surface area (Å²) in [6.45, 7) is 12.9. The Kier molecular flexibility index (Phi) is 20.5. The molecule has 3 aliphatic rings. The van der Waals surface area contributed by atoms with Crippen LogP contribution in [-0.4, -0.2) is 108 Å². The number of phenols is 3. The normalized spacial score (nSPS) is 19.4. The van der Waals surface area contributed by atoms with Crippen LogP contribution in [0.1, 0.15) is 111 Å². The fourth-order valence-electron chi connectivity index (χ4n) is 11.0. The fourth-order valence-corrected chi connectivity index (χ4v) is 11.0. The Morgan fingerprint density at radius 2 is 0.781 bits per heavy atom. The summed E-state index contributed by atoms with van der Waals surface area (Å²) in [5, 5.41) is 70.8. The van der Waals surface area contributed by atoms with Crippen LogP contribution in [0.3, 0.4) is 0 Å². The molecule has 6 aromatic rings. The molecule has 0 bridgehead atoms. The van der Waals surface area contributed by atoms with E-state index in [9.17, 15) is 35.7 Å². The summed E-state index contributed by atoms with van der Waals surface area (Å²) in [5.74, 6) is 2.36. The highest BCUT2D eigenvalue weighted by Gasteiger charge is 2.37. The number of benzene rings is 6. The average molecular weight is 992 g/mol. The van der Waals surface area contributed by atoms with Crippen LogP contribution in [0.25, 0.3) is 0 Å². The minimum Gasteiger partial charge on any atom is -0.508 e. The van der Waals surface area contributed by atoms with Gasteiger partial charge in [-0.2, -0.15) is 0 Å². The number of hydrogen-bond acceptors (Lipinski definition) is 10. The van der Waals surface area contributed by atoms with Gasteiger partial charge in [-0.05, 0) is 179 Å². The van der Waals surface area contributed by atoms with Crippen molar-refractivity contribution in [2.45, 2.75) is 108 Å². The molecule has 0 radical (unpaired) electrons. The molecule has 0 unspecified atom stereocenters. The molecule has 0 amide bonds. The Hall–Kier alpha value is -5.56. The summed E-state index contributed by atoms with van der Waals surface area (Å²) in [5.41, 5.74) is 5.60. The highest BCUT2D eigenvalue weighted by atomic mass is 16.3. The minimum absolute atomic E-state index is 0.0464. The van der Waals surface area contributed by atoms with Crippen LogP contribution in [-0.2, 0) is 18.4 Å². The highest BCUT2D eigenvalue weighted by Crippen LogP contribution is 2.36. The van der Waals surface area contributed by atoms with E-state index in [0.717, 1.165) is 86.3 Å². The van der Waals surface area contributed by atoms with Gasteiger partial charge in [-0.1, -0.05) is 134 Å². The zero-order chi connectivity index (χ0) is 51.7. The van der Waals surface area contributed by atoms with Crippen LogP contribution < -0.4 is 0 Å². The van der Waals surface area contributed by atoms with Gasteiger partial charge in [-0.15, -0.1) is 0 Å². The average Bonchev–Trinajstić information content (AvgIpc) is 3.42. The zero-order valence-electron chi connectivity index (χ0n) is 43.3. The molecule has 6 atom stereocenters. The van der Waals surface area contributed by atoms with Crippen molar-refractivity contribution in [1.82, 2.24) is 14.7 Å². The van der Waals surface area contributed by atoms with Crippen molar-refractivity contribution in [3.8, 4) is 17.2 Å². The molecule has 390 valence electrons. The van der Waals surface area contributed by atoms with E-state index in [1.165, 1.54) is 43.2 Å². The van der Waals surface area contributed by atoms with E-state index >= 15 is 0 Å². The minimum atomic E-state index is -0.777. The van der Waals surface area contributed by atoms with E-state index in [-0.39, 0.29) is 35.3 Å². The highest BCUT2D eigenvalue weighted by molar-refractivity contribution is 5.30. The van der Waals surface area contributed by atoms with Crippen molar-refractivity contribution in [2.75, 3.05) is 45.8 Å². The first-order valence-corrected chi connectivity index (χ1v) is 26.7. The zero-order valence-corrected chi connectivity index (χ0v) is 43.3. The lowest BCUT2D eigenvalue weighted by Gasteiger charge is -2.42. The standard InChI is InChI=1S/C22H29NO2.C21H27NO2.C20H25NO3/c1-17(22(25)20-7-9-21(24)10-8-20)16-23-13-11-19(12-14-23)15-18-5-3-2-4-6-18;1-16(21(24)19-7-9-20(23)10-8-19)22-13-11-18(12-14-22)15-17-5-3-2-4-6-17;1-15(19(23)16-7-9-18(22)10-8-16)21-13-11-20(24,12-14-21)17-5-3-2-4-6-17/h2-10,17,19,22,24-25H,11-16H2,1H3;2-10,16,18,21,23-24H,11-15H2,1H3;2-10,15,19,22-24H,11-14H2,1H3/t17-,22+;16-,21-;15-,19+/m000/s1. The topological polar surface area (TPSA) is 151 Å². The quantitative estimate of drug-likeness (QED) is 0.0530. The maximum absolute atomic E-state index is 10.9. The van der Waals surface area contributed by atoms with Gasteiger partial charge in [0.2, 0.25) is 0 Å². The molecule has 10 heteroatoms. The second-order valence-electron chi connectivity index (χ2n) is 21.1. The molecule has 0 saturated carbocycles. The molecular formula is C63H81N3O7. The van der Waals surface area contributed by atoms with Crippen LogP contribution in [0.2, 0.25) is 0 Å². The molecule has 3 fully saturated rings. The maximum Gasteiger partial charge on any atom is 0.115 e. The molecule has 7 N–H and O–H groups in total. The lowest BCUT2D eigenvalue weighted by Crippen LogP contribution is -2.47. The summed E-state index contributed by atoms with van der Waals surface area (Å²) in [6.07, 6.45) is 6.86. The summed E-state index contributed by atoms with van der Waals surface area (Å²) in [4.78, 5) is 7.09. The van der Waals surface area contributed by atoms with Gasteiger partial charge < -0.3 is 40.6 Å². The third-order valence-electron chi connectivity index (χ3n) is 15.9. The van der Waals surface area contributed by atoms with Crippen LogP contribution in [0, 0.1) is 17.8 Å². The van der Waals surface area contributed by atoms with E-state index in [1.54, 1.807) is 60.7 Å². The van der Waals surface area contributed by atoms with Gasteiger partial charge in [0.15, 0.2) is 0 Å². The van der Waals surface area contributed by atoms with Gasteiger partial charge >= 0.3 is 0 Å². The Labute approximate surface area is 434 Å². The molecule has 6 aromatic carbocycles. The molecule has 0 spiro atoms. The van der Waals surface area contributed by atoms with Crippen molar-refractivity contribution in [3.05, 3.63) is 197 Å². The summed E-state index contributed by atoms with van der Waals surface area (Å²) in [6, 6.07) is 51.8. The predicted molar refractivity (Wildman–Crippen MR) is 292 cm³/mol. The van der Waals surface area contributed by atoms with Gasteiger partial charge in [0, 0.05) is 31.7 Å². The van der Waals surface area contributed by atoms with E-state index in [1.807, 2.05) is 49.4 Å². The third kappa shape index (κ3) is 16.2. The number of aromatic hydroxyl groups is 3. The van der Waals surface area contributed by atoms with Crippen LogP contribution >= 0.6 is 0 Å². The first-order valence-electron chi connectivity index (χ1n) is 26.7. The first-order chi connectivity index (χ1) is 35.2. The van der Waals surface area contributed by atoms with Crippen molar-refractivity contribution in [3.63, 3.8) is 0 Å². The molecule has 73 heavy (non-hydrogen) atoms. The monoisotopic (exact) mass is 992 g/mol. The largest absolute Gasteiger partial charge is 0.508 e. The van der Waals surface area contributed by atoms with Gasteiger partial charge in [-0.3, -0.25) is 9.80 Å². The molecule has 0 aliphatic carbocycles. The number of hydrogen-bond donors (Lipinski definition) is 7. The van der Waals surface area contributed by atoms with Crippen LogP contribution in [0.4, 0.5) is 0 Å². The Morgan fingerprint density at radius 1 is 0.438 bits per heavy atom. The Balaban J connectivity index is 0.000000160. The third-order valence-corrected chi connectivity index (χ3v) is 15.9. The number of rotatable bonds is 15. The van der Waals surface area contributed by atoms with E-state index in [0.29, 0.717) is 12.8 Å². The van der Waals surface area contributed by atoms with E-state index in [2.05, 4.69) is 89.2 Å². The van der Waals surface area contributed by atoms with Gasteiger partial charge in [0.1, 0.15) is 17.2 Å². The smallest absolute Gasteiger partial charge is 0.115 e. The van der Waals surface area contributed by atoms with Crippen molar-refractivity contribution in [2.24, 2.45) is 17.8 Å². The SMILES string of the molecule is C[C@@H](CN1CCC(Cc2ccccc2)CC1)[C@@H](O)c1ccc(O)cc1.C[C@@H]([C@@H](O)c1ccc(O)cc1)N1CCC(O)(c2ccccc2)CC1.C[C@@H]([C@H](O)c1ccc(O)cc1)N1CCC(Cc2ccccc2)CC1. The maximum atomic E-state index is 10.9. The lowest BCUT2D eigenvalue weighted by molar-refractivity contribution is -0.0501. The number of likely N-dealkylation sites (tertiary alicyclic amines) is 3. The molecule has 0 aromatic heterocycles. The number of phenolic OH excluding ortho intramolecular Hbond substituents is 3. The number of aliphatic hydroxyl groups is 4. The van der Waals surface area contributed by atoms with Gasteiger partial charge in [0.25, 0.3) is 0 Å². The van der Waals surface area contributed by atoms with Crippen molar-refractivity contribution < 1.29 is 35.7 Å². The molecular weight excluding hydrogens is 911 g/mol. The lowest BCUT2D eigenvalue weighted by atomic mass is 9.83. The molecule has 10 nitrogen and oxygen atoms in total. The summed E-state index contributed by atoms with van der Waals surface area (Å²) in [7, 11) is 0. The molecule has 3 aliphatic heterocycles. The number of piperidine rings is 3. The van der Waals surface area contributed by atoms with Gasteiger partial charge in [0.05, 0.1) is 23.9 Å². The van der Waals surface area contributed by atoms with Crippen molar-refractivity contribution >= 4 is 0 Å². The van der Waals surface area contributed by atoms with E-state index < -0.39 is 23.9 Å². The molecule has 9 rings (SSSR count). The van der Waals surface area contributed by atoms with Crippen LogP contribution in [0.5, 0.6) is 17.2 Å². The second-order valence-corrected chi connectivity index (χ2v) is 21.1. The second kappa shape index (κ2) is 27.1. The van der Waals surface area contributed by atoms with Gasteiger partial charge in [-0.25, -0.2) is 0 Å². The first kappa shape index (κ1) is 55.2. The molecule has 3 saturated heterocycles. The van der Waals surface area contributed by atoms with E-state index in [4.69, 9.17) is 0 Å². The summed E-state index contributed by atoms with van der Waals surface area (Å²) >= 11 is 0. The number of aliphatic hydroxyl groups excluding tert-OH is 3. The fraction of sp³-hybridized carbons (Fsp3) is 0.429. The predicted octanol–water partition coefficient (Wildman–Crippen LogP) is 10.6. The van der Waals surface area contributed by atoms with Crippen LogP contribution in [0.15, 0.2) is 164 Å². The Morgan fingerprint density at radius 3 is 1.18 bits per heavy atom. The van der Waals surface area contributed by atoms with Crippen molar-refractivity contribution in [1.29, 1.82) is 0 Å². The summed E-state index contributed by atoms with van der Waals surface area (Å²) < 4.78 is 0.